The van der Waals surface area contributed by atoms with Gasteiger partial charge in [-0.25, -0.2) is 4.98 Å². The van der Waals surface area contributed by atoms with Crippen LogP contribution >= 0.6 is 22.9 Å². The molecule has 0 aliphatic heterocycles. The van der Waals surface area contributed by atoms with Gasteiger partial charge in [0.1, 0.15) is 10.8 Å². The molecule has 0 spiro atoms. The van der Waals surface area contributed by atoms with Crippen molar-refractivity contribution in [1.29, 1.82) is 0 Å². The number of halogens is 1. The molecule has 5 nitrogen and oxygen atoms in total. The molecule has 1 N–H and O–H groups in total. The van der Waals surface area contributed by atoms with Gasteiger partial charge in [0.15, 0.2) is 6.61 Å². The minimum Gasteiger partial charge on any atom is -0.482 e. The number of rotatable bonds is 6. The summed E-state index contributed by atoms with van der Waals surface area (Å²) in [7, 11) is 0. The molecule has 0 unspecified atom stereocenters. The second-order valence-corrected chi connectivity index (χ2v) is 6.76. The number of para-hydroxylation sites is 1. The van der Waals surface area contributed by atoms with Gasteiger partial charge < -0.3 is 10.1 Å². The van der Waals surface area contributed by atoms with Crippen LogP contribution in [0.5, 0.6) is 5.75 Å². The van der Waals surface area contributed by atoms with Crippen LogP contribution in [0, 0.1) is 6.92 Å². The van der Waals surface area contributed by atoms with E-state index in [9.17, 15) is 4.79 Å². The summed E-state index contributed by atoms with van der Waals surface area (Å²) >= 11 is 7.54. The van der Waals surface area contributed by atoms with Gasteiger partial charge in [0.2, 0.25) is 0 Å². The number of ether oxygens (including phenoxy) is 1. The molecule has 25 heavy (non-hydrogen) atoms. The zero-order valence-electron chi connectivity index (χ0n) is 13.5. The molecule has 0 bridgehead atoms. The predicted octanol–water partition coefficient (Wildman–Crippen LogP) is 3.86. The van der Waals surface area contributed by atoms with Crippen molar-refractivity contribution in [2.24, 2.45) is 0 Å². The standard InChI is InChI=1S/C18H16ClN3O2S/c1-12-16(25-18(22-12)13-5-4-8-20-9-13)10-21-17(23)11-24-15-7-3-2-6-14(15)19/h2-9H,10-11H2,1H3,(H,21,23). The number of benzene rings is 1. The lowest BCUT2D eigenvalue weighted by atomic mass is 10.3. The van der Waals surface area contributed by atoms with Gasteiger partial charge in [0.25, 0.3) is 5.91 Å². The van der Waals surface area contributed by atoms with E-state index in [0.29, 0.717) is 17.3 Å². The topological polar surface area (TPSA) is 64.1 Å². The number of nitrogens with zero attached hydrogens (tertiary/aromatic N) is 2. The average molecular weight is 374 g/mol. The first kappa shape index (κ1) is 17.4. The largest absolute Gasteiger partial charge is 0.482 e. The highest BCUT2D eigenvalue weighted by Gasteiger charge is 2.11. The monoisotopic (exact) mass is 373 g/mol. The molecule has 128 valence electrons. The molecule has 1 aromatic carbocycles. The Hall–Kier alpha value is -2.44. The highest BCUT2D eigenvalue weighted by atomic mass is 35.5. The fraction of sp³-hybridized carbons (Fsp3) is 0.167. The summed E-state index contributed by atoms with van der Waals surface area (Å²) in [5.74, 6) is 0.280. The fourth-order valence-corrected chi connectivity index (χ4v) is 3.32. The molecule has 0 radical (unpaired) electrons. The minimum atomic E-state index is -0.212. The zero-order chi connectivity index (χ0) is 17.6. The maximum absolute atomic E-state index is 12.0. The summed E-state index contributed by atoms with van der Waals surface area (Å²) in [4.78, 5) is 21.6. The van der Waals surface area contributed by atoms with Crippen LogP contribution in [-0.2, 0) is 11.3 Å². The molecular formula is C18H16ClN3O2S. The van der Waals surface area contributed by atoms with Gasteiger partial charge in [-0.15, -0.1) is 11.3 Å². The van der Waals surface area contributed by atoms with E-state index in [1.54, 1.807) is 41.9 Å². The van der Waals surface area contributed by atoms with Gasteiger partial charge in [-0.05, 0) is 31.2 Å². The molecule has 7 heteroatoms. The molecule has 0 aliphatic carbocycles. The molecule has 0 saturated heterocycles. The summed E-state index contributed by atoms with van der Waals surface area (Å²) in [6.07, 6.45) is 3.50. The van der Waals surface area contributed by atoms with E-state index in [-0.39, 0.29) is 12.5 Å². The highest BCUT2D eigenvalue weighted by Crippen LogP contribution is 2.27. The van der Waals surface area contributed by atoms with E-state index in [1.807, 2.05) is 25.1 Å². The van der Waals surface area contributed by atoms with E-state index < -0.39 is 0 Å². The van der Waals surface area contributed by atoms with Crippen LogP contribution in [0.15, 0.2) is 48.8 Å². The number of hydrogen-bond donors (Lipinski definition) is 1. The Morgan fingerprint density at radius 1 is 1.28 bits per heavy atom. The maximum Gasteiger partial charge on any atom is 0.258 e. The minimum absolute atomic E-state index is 0.0863. The van der Waals surface area contributed by atoms with E-state index in [1.165, 1.54) is 0 Å². The van der Waals surface area contributed by atoms with Crippen LogP contribution in [0.1, 0.15) is 10.6 Å². The smallest absolute Gasteiger partial charge is 0.258 e. The van der Waals surface area contributed by atoms with Crippen LogP contribution in [0.4, 0.5) is 0 Å². The van der Waals surface area contributed by atoms with Gasteiger partial charge >= 0.3 is 0 Å². The number of carbonyl (C=O) groups excluding carboxylic acids is 1. The van der Waals surface area contributed by atoms with Gasteiger partial charge in [-0.1, -0.05) is 23.7 Å². The van der Waals surface area contributed by atoms with E-state index in [2.05, 4.69) is 15.3 Å². The quantitative estimate of drug-likeness (QED) is 0.712. The van der Waals surface area contributed by atoms with Crippen molar-refractivity contribution in [3.63, 3.8) is 0 Å². The maximum atomic E-state index is 12.0. The first-order valence-electron chi connectivity index (χ1n) is 7.64. The summed E-state index contributed by atoms with van der Waals surface area (Å²) in [6.45, 7) is 2.25. The van der Waals surface area contributed by atoms with Gasteiger partial charge in [-0.3, -0.25) is 9.78 Å². The Labute approximate surface area is 154 Å². The van der Waals surface area contributed by atoms with Crippen molar-refractivity contribution in [1.82, 2.24) is 15.3 Å². The third-order valence-corrected chi connectivity index (χ3v) is 4.96. The molecular weight excluding hydrogens is 358 g/mol. The average Bonchev–Trinajstić information content (AvgIpc) is 3.01. The number of amides is 1. The van der Waals surface area contributed by atoms with Crippen molar-refractivity contribution in [3.8, 4) is 16.3 Å². The van der Waals surface area contributed by atoms with Crippen LogP contribution < -0.4 is 10.1 Å². The molecule has 1 amide bonds. The number of pyridine rings is 1. The van der Waals surface area contributed by atoms with Crippen LogP contribution in [0.25, 0.3) is 10.6 Å². The summed E-state index contributed by atoms with van der Waals surface area (Å²) in [5.41, 5.74) is 1.87. The van der Waals surface area contributed by atoms with Crippen molar-refractivity contribution in [2.45, 2.75) is 13.5 Å². The lowest BCUT2D eigenvalue weighted by Gasteiger charge is -2.08. The Bertz CT molecular complexity index is 868. The molecule has 2 heterocycles. The first-order valence-corrected chi connectivity index (χ1v) is 8.83. The molecule has 0 fully saturated rings. The second-order valence-electron chi connectivity index (χ2n) is 5.27. The second kappa shape index (κ2) is 8.09. The third-order valence-electron chi connectivity index (χ3n) is 3.44. The van der Waals surface area contributed by atoms with Crippen molar-refractivity contribution in [3.05, 3.63) is 64.4 Å². The summed E-state index contributed by atoms with van der Waals surface area (Å²) in [5, 5.41) is 4.21. The SMILES string of the molecule is Cc1nc(-c2cccnc2)sc1CNC(=O)COc1ccccc1Cl. The molecule has 0 atom stereocenters. The zero-order valence-corrected chi connectivity index (χ0v) is 15.1. The number of aryl methyl sites for hydroxylation is 1. The molecule has 2 aromatic heterocycles. The van der Waals surface area contributed by atoms with Crippen molar-refractivity contribution >= 4 is 28.8 Å². The van der Waals surface area contributed by atoms with Crippen LogP contribution in [0.3, 0.4) is 0 Å². The van der Waals surface area contributed by atoms with E-state index >= 15 is 0 Å². The van der Waals surface area contributed by atoms with Crippen LogP contribution in [-0.4, -0.2) is 22.5 Å². The Morgan fingerprint density at radius 2 is 2.12 bits per heavy atom. The fourth-order valence-electron chi connectivity index (χ4n) is 2.14. The van der Waals surface area contributed by atoms with Crippen LogP contribution in [0.2, 0.25) is 5.02 Å². The number of carbonyl (C=O) groups is 1. The third kappa shape index (κ3) is 4.55. The van der Waals surface area contributed by atoms with Gasteiger partial charge in [-0.2, -0.15) is 0 Å². The predicted molar refractivity (Wildman–Crippen MR) is 98.9 cm³/mol. The number of thiazole rings is 1. The van der Waals surface area contributed by atoms with E-state index in [4.69, 9.17) is 16.3 Å². The van der Waals surface area contributed by atoms with E-state index in [0.717, 1.165) is 21.1 Å². The molecule has 3 aromatic rings. The Balaban J connectivity index is 1.56. The molecule has 3 rings (SSSR count). The Morgan fingerprint density at radius 3 is 2.88 bits per heavy atom. The number of nitrogens with one attached hydrogen (secondary N) is 1. The molecule has 0 saturated carbocycles. The summed E-state index contributed by atoms with van der Waals surface area (Å²) < 4.78 is 5.43. The number of hydrogen-bond acceptors (Lipinski definition) is 5. The lowest BCUT2D eigenvalue weighted by Crippen LogP contribution is -2.28. The Kier molecular flexibility index (Phi) is 5.63. The molecule has 0 aliphatic rings. The number of aromatic nitrogens is 2. The van der Waals surface area contributed by atoms with Crippen molar-refractivity contribution in [2.75, 3.05) is 6.61 Å². The normalized spacial score (nSPS) is 10.5. The van der Waals surface area contributed by atoms with Gasteiger partial charge in [0, 0.05) is 22.8 Å². The van der Waals surface area contributed by atoms with Gasteiger partial charge in [0.05, 0.1) is 17.3 Å². The highest BCUT2D eigenvalue weighted by molar-refractivity contribution is 7.15. The lowest BCUT2D eigenvalue weighted by molar-refractivity contribution is -0.123. The first-order chi connectivity index (χ1) is 12.1. The van der Waals surface area contributed by atoms with Crippen molar-refractivity contribution < 1.29 is 9.53 Å². The summed E-state index contributed by atoms with van der Waals surface area (Å²) in [6, 6.07) is 10.9.